The lowest BCUT2D eigenvalue weighted by Gasteiger charge is -2.17. The van der Waals surface area contributed by atoms with Crippen molar-refractivity contribution < 1.29 is 0 Å². The molecule has 8 heavy (non-hydrogen) atoms. The molecule has 0 rings (SSSR count). The van der Waals surface area contributed by atoms with Gasteiger partial charge < -0.3 is 4.90 Å². The van der Waals surface area contributed by atoms with Crippen LogP contribution < -0.4 is 0 Å². The summed E-state index contributed by atoms with van der Waals surface area (Å²) in [6.07, 6.45) is 1.29. The molecule has 0 aromatic carbocycles. The molecule has 0 aliphatic rings. The maximum absolute atomic E-state index is 2.25. The summed E-state index contributed by atoms with van der Waals surface area (Å²) < 4.78 is 0. The molecule has 0 aromatic rings. The van der Waals surface area contributed by atoms with Gasteiger partial charge in [0.25, 0.3) is 0 Å². The van der Waals surface area contributed by atoms with Crippen LogP contribution in [0.5, 0.6) is 0 Å². The summed E-state index contributed by atoms with van der Waals surface area (Å²) >= 11 is 0. The van der Waals surface area contributed by atoms with Crippen LogP contribution in [0.4, 0.5) is 0 Å². The van der Waals surface area contributed by atoms with E-state index >= 15 is 0 Å². The molecule has 0 radical (unpaired) electrons. The summed E-state index contributed by atoms with van der Waals surface area (Å²) in [6.45, 7) is 4.48. The standard InChI is InChI=1S/C6H16BN/c1-5-7-6(2)8(3)4/h6-7H,5H2,1-4H3. The smallest absolute Gasteiger partial charge is 0.141 e. The van der Waals surface area contributed by atoms with Crippen molar-refractivity contribution in [3.05, 3.63) is 0 Å². The molecule has 0 aromatic heterocycles. The molecule has 0 heterocycles. The maximum Gasteiger partial charge on any atom is 0.141 e. The van der Waals surface area contributed by atoms with Crippen molar-refractivity contribution >= 4 is 7.28 Å². The van der Waals surface area contributed by atoms with Crippen molar-refractivity contribution in [2.24, 2.45) is 0 Å². The van der Waals surface area contributed by atoms with Crippen LogP contribution >= 0.6 is 0 Å². The molecule has 0 fully saturated rings. The molecule has 0 N–H and O–H groups in total. The van der Waals surface area contributed by atoms with Crippen LogP contribution in [-0.4, -0.2) is 32.2 Å². The van der Waals surface area contributed by atoms with Crippen molar-refractivity contribution in [2.75, 3.05) is 14.1 Å². The maximum atomic E-state index is 2.25. The Hall–Kier alpha value is 0.0249. The van der Waals surface area contributed by atoms with E-state index in [0.29, 0.717) is 0 Å². The van der Waals surface area contributed by atoms with E-state index in [1.54, 1.807) is 0 Å². The highest BCUT2D eigenvalue weighted by molar-refractivity contribution is 6.37. The Morgan fingerprint density at radius 3 is 2.12 bits per heavy atom. The molecule has 0 aliphatic carbocycles. The molecule has 0 saturated heterocycles. The van der Waals surface area contributed by atoms with Crippen LogP contribution in [0.1, 0.15) is 13.8 Å². The highest BCUT2D eigenvalue weighted by Gasteiger charge is 2.01. The largest absolute Gasteiger partial charge is 0.314 e. The Kier molecular flexibility index (Phi) is 3.97. The summed E-state index contributed by atoms with van der Waals surface area (Å²) in [5, 5.41) is 0. The Morgan fingerprint density at radius 2 is 2.00 bits per heavy atom. The first-order valence-electron chi connectivity index (χ1n) is 3.35. The van der Waals surface area contributed by atoms with Crippen LogP contribution in [0.2, 0.25) is 6.32 Å². The van der Waals surface area contributed by atoms with Gasteiger partial charge in [-0.25, -0.2) is 0 Å². The molecule has 1 nitrogen and oxygen atoms in total. The molecule has 1 atom stereocenters. The van der Waals surface area contributed by atoms with Crippen LogP contribution in [-0.2, 0) is 0 Å². The summed E-state index contributed by atoms with van der Waals surface area (Å²) in [6, 6.07) is 0. The van der Waals surface area contributed by atoms with Gasteiger partial charge in [0, 0.05) is 0 Å². The van der Waals surface area contributed by atoms with Crippen molar-refractivity contribution in [1.29, 1.82) is 0 Å². The zero-order chi connectivity index (χ0) is 6.57. The SMILES string of the molecule is CCBC(C)N(C)C. The first kappa shape index (κ1) is 8.02. The summed E-state index contributed by atoms with van der Waals surface area (Å²) in [7, 11) is 5.56. The molecule has 1 unspecified atom stereocenters. The monoisotopic (exact) mass is 113 g/mol. The van der Waals surface area contributed by atoms with E-state index in [1.165, 1.54) is 13.6 Å². The lowest BCUT2D eigenvalue weighted by Crippen LogP contribution is -2.29. The molecular weight excluding hydrogens is 96.9 g/mol. The molecule has 0 saturated carbocycles. The Labute approximate surface area is 53.3 Å². The van der Waals surface area contributed by atoms with Crippen LogP contribution in [0.3, 0.4) is 0 Å². The van der Waals surface area contributed by atoms with Gasteiger partial charge in [0.1, 0.15) is 7.28 Å². The summed E-state index contributed by atoms with van der Waals surface area (Å²) in [4.78, 5) is 2.25. The fourth-order valence-corrected chi connectivity index (χ4v) is 0.676. The normalized spacial score (nSPS) is 14.1. The molecule has 0 bridgehead atoms. The van der Waals surface area contributed by atoms with Gasteiger partial charge in [-0.2, -0.15) is 0 Å². The van der Waals surface area contributed by atoms with Gasteiger partial charge in [-0.15, -0.1) is 0 Å². The van der Waals surface area contributed by atoms with Crippen molar-refractivity contribution in [3.63, 3.8) is 0 Å². The van der Waals surface area contributed by atoms with Gasteiger partial charge in [0.15, 0.2) is 0 Å². The third-order valence-corrected chi connectivity index (χ3v) is 1.59. The second-order valence-corrected chi connectivity index (χ2v) is 2.60. The van der Waals surface area contributed by atoms with E-state index in [0.717, 1.165) is 5.94 Å². The number of rotatable bonds is 3. The number of hydrogen-bond acceptors (Lipinski definition) is 1. The quantitative estimate of drug-likeness (QED) is 0.488. The van der Waals surface area contributed by atoms with Gasteiger partial charge in [-0.05, 0) is 20.0 Å². The van der Waals surface area contributed by atoms with Gasteiger partial charge in [-0.3, -0.25) is 0 Å². The molecule has 0 amide bonds. The molecule has 0 aliphatic heterocycles. The Morgan fingerprint density at radius 1 is 1.50 bits per heavy atom. The lowest BCUT2D eigenvalue weighted by atomic mass is 9.67. The van der Waals surface area contributed by atoms with Crippen LogP contribution in [0, 0.1) is 0 Å². The van der Waals surface area contributed by atoms with E-state index < -0.39 is 0 Å². The predicted octanol–water partition coefficient (Wildman–Crippen LogP) is 0.769. The van der Waals surface area contributed by atoms with E-state index in [2.05, 4.69) is 32.8 Å². The second-order valence-electron chi connectivity index (χ2n) is 2.60. The molecular formula is C6H16BN. The summed E-state index contributed by atoms with van der Waals surface area (Å²) in [5.74, 6) is 0.750. The van der Waals surface area contributed by atoms with Gasteiger partial charge >= 0.3 is 0 Å². The molecule has 0 spiro atoms. The van der Waals surface area contributed by atoms with Gasteiger partial charge in [0.2, 0.25) is 0 Å². The third-order valence-electron chi connectivity index (χ3n) is 1.59. The number of hydrogen-bond donors (Lipinski definition) is 0. The fourth-order valence-electron chi connectivity index (χ4n) is 0.676. The zero-order valence-corrected chi connectivity index (χ0v) is 6.44. The van der Waals surface area contributed by atoms with Gasteiger partial charge in [0.05, 0.1) is 0 Å². The highest BCUT2D eigenvalue weighted by atomic mass is 15.1. The zero-order valence-electron chi connectivity index (χ0n) is 6.44. The van der Waals surface area contributed by atoms with Crippen molar-refractivity contribution in [1.82, 2.24) is 4.90 Å². The summed E-state index contributed by atoms with van der Waals surface area (Å²) in [5.41, 5.74) is 0. The first-order chi connectivity index (χ1) is 3.68. The molecule has 48 valence electrons. The van der Waals surface area contributed by atoms with E-state index in [1.807, 2.05) is 0 Å². The minimum Gasteiger partial charge on any atom is -0.314 e. The third kappa shape index (κ3) is 3.08. The predicted molar refractivity (Wildman–Crippen MR) is 40.8 cm³/mol. The minimum absolute atomic E-state index is 0.750. The second kappa shape index (κ2) is 3.96. The first-order valence-corrected chi connectivity index (χ1v) is 3.35. The average Bonchev–Trinajstić information content (AvgIpc) is 1.67. The number of nitrogens with zero attached hydrogens (tertiary/aromatic N) is 1. The molecule has 2 heteroatoms. The van der Waals surface area contributed by atoms with Crippen LogP contribution in [0.15, 0.2) is 0 Å². The van der Waals surface area contributed by atoms with E-state index in [-0.39, 0.29) is 0 Å². The van der Waals surface area contributed by atoms with Gasteiger partial charge in [-0.1, -0.05) is 20.2 Å². The van der Waals surface area contributed by atoms with E-state index in [9.17, 15) is 0 Å². The highest BCUT2D eigenvalue weighted by Crippen LogP contribution is 1.90. The van der Waals surface area contributed by atoms with Crippen molar-refractivity contribution in [3.8, 4) is 0 Å². The Bertz CT molecular complexity index is 54.5. The fraction of sp³-hybridized carbons (Fsp3) is 1.00. The van der Waals surface area contributed by atoms with Crippen LogP contribution in [0.25, 0.3) is 0 Å². The Balaban J connectivity index is 3.17. The minimum atomic E-state index is 0.750. The topological polar surface area (TPSA) is 3.24 Å². The van der Waals surface area contributed by atoms with E-state index in [4.69, 9.17) is 0 Å². The lowest BCUT2D eigenvalue weighted by molar-refractivity contribution is 0.391. The van der Waals surface area contributed by atoms with Crippen molar-refractivity contribution in [2.45, 2.75) is 26.1 Å². The average molecular weight is 113 g/mol.